The summed E-state index contributed by atoms with van der Waals surface area (Å²) < 4.78 is 0.161. The molecule has 1 heterocycles. The molecule has 0 saturated heterocycles. The van der Waals surface area contributed by atoms with Crippen LogP contribution in [0, 0.1) is 0 Å². The van der Waals surface area contributed by atoms with Gasteiger partial charge in [0.1, 0.15) is 0 Å². The zero-order valence-electron chi connectivity index (χ0n) is 12.9. The monoisotopic (exact) mass is 313 g/mol. The van der Waals surface area contributed by atoms with Crippen LogP contribution in [0.15, 0.2) is 5.41 Å². The fraction of sp³-hybridized carbons (Fsp3) is 0.615. The van der Waals surface area contributed by atoms with Gasteiger partial charge in [-0.3, -0.25) is 0 Å². The van der Waals surface area contributed by atoms with Crippen molar-refractivity contribution >= 4 is 40.3 Å². The lowest BCUT2D eigenvalue weighted by Gasteiger charge is -2.21. The number of hydrogen-bond donors (Lipinski definition) is 2. The Bertz CT molecular complexity index is 480. The summed E-state index contributed by atoms with van der Waals surface area (Å²) in [5, 5.41) is 2.07. The van der Waals surface area contributed by atoms with Crippen LogP contribution in [0.4, 0.5) is 11.9 Å². The van der Waals surface area contributed by atoms with Crippen LogP contribution in [0.25, 0.3) is 4.91 Å². The maximum atomic E-state index is 5.66. The number of aromatic nitrogens is 3. The minimum atomic E-state index is 0.0421. The molecule has 0 aliphatic carbocycles. The Balaban J connectivity index is 3.16. The van der Waals surface area contributed by atoms with E-state index in [1.807, 2.05) is 0 Å². The van der Waals surface area contributed by atoms with E-state index in [4.69, 9.17) is 11.5 Å². The predicted octanol–water partition coefficient (Wildman–Crippen LogP) is 3.40. The fourth-order valence-corrected chi connectivity index (χ4v) is 2.95. The first-order valence-electron chi connectivity index (χ1n) is 6.31. The molecule has 0 bridgehead atoms. The molecule has 1 aromatic rings. The van der Waals surface area contributed by atoms with Crippen LogP contribution in [0.3, 0.4) is 0 Å². The predicted molar refractivity (Wildman–Crippen MR) is 91.3 cm³/mol. The lowest BCUT2D eigenvalue weighted by atomic mass is 10.3. The van der Waals surface area contributed by atoms with E-state index in [0.717, 1.165) is 4.91 Å². The fourth-order valence-electron chi connectivity index (χ4n) is 1.20. The molecule has 112 valence electrons. The van der Waals surface area contributed by atoms with Gasteiger partial charge in [0.25, 0.3) is 0 Å². The van der Waals surface area contributed by atoms with Gasteiger partial charge in [-0.15, -0.1) is 23.5 Å². The number of anilines is 2. The average Bonchev–Trinajstić information content (AvgIpc) is 2.20. The third kappa shape index (κ3) is 6.47. The van der Waals surface area contributed by atoms with Crippen LogP contribution in [-0.2, 0) is 0 Å². The molecule has 7 heteroatoms. The summed E-state index contributed by atoms with van der Waals surface area (Å²) in [5.41, 5.74) is 11.3. The molecule has 5 nitrogen and oxygen atoms in total. The van der Waals surface area contributed by atoms with E-state index < -0.39 is 0 Å². The molecule has 20 heavy (non-hydrogen) atoms. The highest BCUT2D eigenvalue weighted by atomic mass is 32.2. The van der Waals surface area contributed by atoms with Gasteiger partial charge in [0.05, 0.1) is 4.91 Å². The van der Waals surface area contributed by atoms with E-state index in [1.54, 1.807) is 23.5 Å². The quantitative estimate of drug-likeness (QED) is 0.883. The van der Waals surface area contributed by atoms with E-state index >= 15 is 0 Å². The second-order valence-corrected chi connectivity index (χ2v) is 9.87. The van der Waals surface area contributed by atoms with Gasteiger partial charge in [0, 0.05) is 9.49 Å². The van der Waals surface area contributed by atoms with Gasteiger partial charge in [0.2, 0.25) is 11.9 Å². The standard InChI is InChI=1S/C13H23N5S2/c1-12(2,3)19-7-8(20-13(4,5)6)9-16-10(14)18-11(15)17-9/h7H,1-6H3,(H4,14,15,16,17,18)/b8-7+. The largest absolute Gasteiger partial charge is 0.368 e. The van der Waals surface area contributed by atoms with Crippen molar-refractivity contribution in [2.75, 3.05) is 11.5 Å². The molecule has 0 amide bonds. The summed E-state index contributed by atoms with van der Waals surface area (Å²) in [6, 6.07) is 0. The lowest BCUT2D eigenvalue weighted by Crippen LogP contribution is -2.11. The minimum Gasteiger partial charge on any atom is -0.368 e. The van der Waals surface area contributed by atoms with Gasteiger partial charge in [0.15, 0.2) is 5.82 Å². The first-order chi connectivity index (χ1) is 8.96. The van der Waals surface area contributed by atoms with Gasteiger partial charge < -0.3 is 11.5 Å². The molecule has 0 aliphatic rings. The van der Waals surface area contributed by atoms with Gasteiger partial charge in [-0.2, -0.15) is 15.0 Å². The molecule has 0 aliphatic heterocycles. The van der Waals surface area contributed by atoms with Crippen LogP contribution in [0.2, 0.25) is 0 Å². The Morgan fingerprint density at radius 1 is 0.900 bits per heavy atom. The van der Waals surface area contributed by atoms with Gasteiger partial charge in [-0.1, -0.05) is 41.5 Å². The van der Waals surface area contributed by atoms with Gasteiger partial charge in [-0.05, 0) is 5.41 Å². The topological polar surface area (TPSA) is 90.7 Å². The summed E-state index contributed by atoms with van der Waals surface area (Å²) >= 11 is 3.41. The van der Waals surface area contributed by atoms with Crippen LogP contribution < -0.4 is 11.5 Å². The zero-order chi connectivity index (χ0) is 15.6. The number of nitrogen functional groups attached to an aromatic ring is 2. The Hall–Kier alpha value is -0.950. The summed E-state index contributed by atoms with van der Waals surface area (Å²) in [6.07, 6.45) is 0. The first kappa shape index (κ1) is 17.1. The summed E-state index contributed by atoms with van der Waals surface area (Å²) in [7, 11) is 0. The number of nitrogens with zero attached hydrogens (tertiary/aromatic N) is 3. The molecule has 1 rings (SSSR count). The molecule has 0 fully saturated rings. The van der Waals surface area contributed by atoms with Crippen molar-refractivity contribution in [1.29, 1.82) is 0 Å². The molecule has 0 atom stereocenters. The van der Waals surface area contributed by atoms with Crippen LogP contribution in [-0.4, -0.2) is 24.4 Å². The smallest absolute Gasteiger partial charge is 0.225 e. The summed E-state index contributed by atoms with van der Waals surface area (Å²) in [6.45, 7) is 12.9. The van der Waals surface area contributed by atoms with Crippen molar-refractivity contribution in [3.63, 3.8) is 0 Å². The molecule has 0 aromatic carbocycles. The van der Waals surface area contributed by atoms with E-state index in [2.05, 4.69) is 61.9 Å². The molecule has 1 aromatic heterocycles. The SMILES string of the molecule is CC(C)(C)S/C=C(/SC(C)(C)C)c1nc(N)nc(N)n1. The van der Waals surface area contributed by atoms with Crippen molar-refractivity contribution in [3.05, 3.63) is 11.2 Å². The second-order valence-electron chi connectivity index (χ2n) is 6.30. The van der Waals surface area contributed by atoms with E-state index in [0.29, 0.717) is 5.82 Å². The third-order valence-corrected chi connectivity index (χ3v) is 4.17. The maximum absolute atomic E-state index is 5.66. The minimum absolute atomic E-state index is 0.0421. The van der Waals surface area contributed by atoms with Crippen molar-refractivity contribution in [2.45, 2.75) is 51.0 Å². The Morgan fingerprint density at radius 2 is 1.40 bits per heavy atom. The Morgan fingerprint density at radius 3 is 1.80 bits per heavy atom. The van der Waals surface area contributed by atoms with E-state index in [9.17, 15) is 0 Å². The highest BCUT2D eigenvalue weighted by Crippen LogP contribution is 2.39. The second kappa shape index (κ2) is 6.22. The summed E-state index contributed by atoms with van der Waals surface area (Å²) in [5.74, 6) is 0.828. The van der Waals surface area contributed by atoms with Crippen LogP contribution >= 0.6 is 23.5 Å². The molecular formula is C13H23N5S2. The van der Waals surface area contributed by atoms with Gasteiger partial charge in [-0.25, -0.2) is 0 Å². The Labute approximate surface area is 129 Å². The van der Waals surface area contributed by atoms with Crippen molar-refractivity contribution < 1.29 is 0 Å². The van der Waals surface area contributed by atoms with E-state index in [-0.39, 0.29) is 21.4 Å². The molecule has 0 spiro atoms. The van der Waals surface area contributed by atoms with Crippen molar-refractivity contribution in [3.8, 4) is 0 Å². The highest BCUT2D eigenvalue weighted by Gasteiger charge is 2.19. The first-order valence-corrected chi connectivity index (χ1v) is 8.00. The van der Waals surface area contributed by atoms with E-state index in [1.165, 1.54) is 0 Å². The number of thioether (sulfide) groups is 2. The summed E-state index contributed by atoms with van der Waals surface area (Å²) in [4.78, 5) is 13.2. The van der Waals surface area contributed by atoms with Crippen molar-refractivity contribution in [2.24, 2.45) is 0 Å². The third-order valence-electron chi connectivity index (χ3n) is 1.83. The van der Waals surface area contributed by atoms with Crippen molar-refractivity contribution in [1.82, 2.24) is 15.0 Å². The zero-order valence-corrected chi connectivity index (χ0v) is 14.5. The number of rotatable bonds is 3. The highest BCUT2D eigenvalue weighted by molar-refractivity contribution is 8.11. The molecule has 4 N–H and O–H groups in total. The molecule has 0 radical (unpaired) electrons. The Kier molecular flexibility index (Phi) is 5.32. The van der Waals surface area contributed by atoms with Gasteiger partial charge >= 0.3 is 0 Å². The van der Waals surface area contributed by atoms with Crippen LogP contribution in [0.5, 0.6) is 0 Å². The maximum Gasteiger partial charge on any atom is 0.225 e. The lowest BCUT2D eigenvalue weighted by molar-refractivity contribution is 0.806. The normalized spacial score (nSPS) is 13.6. The molecular weight excluding hydrogens is 290 g/mol. The molecule has 0 unspecified atom stereocenters. The molecule has 0 saturated carbocycles. The number of nitrogens with two attached hydrogens (primary N) is 2. The average molecular weight is 313 g/mol. The van der Waals surface area contributed by atoms with Crippen LogP contribution in [0.1, 0.15) is 47.4 Å². The number of hydrogen-bond acceptors (Lipinski definition) is 7.